The Bertz CT molecular complexity index is 488. The minimum Gasteiger partial charge on any atom is -0.493 e. The molecule has 0 bridgehead atoms. The van der Waals surface area contributed by atoms with E-state index >= 15 is 0 Å². The van der Waals surface area contributed by atoms with E-state index in [0.29, 0.717) is 19.1 Å². The van der Waals surface area contributed by atoms with Crippen LogP contribution in [-0.2, 0) is 9.53 Å². The Hall–Kier alpha value is -1.55. The SMILES string of the molecule is CCOC(=O)[C@H]1CC2COc3ccccc3C2N1C. The minimum absolute atomic E-state index is 0.114. The quantitative estimate of drug-likeness (QED) is 0.763. The molecule has 0 aliphatic carbocycles. The molecule has 0 N–H and O–H groups in total. The molecule has 0 saturated carbocycles. The van der Waals surface area contributed by atoms with Gasteiger partial charge in [0, 0.05) is 17.5 Å². The van der Waals surface area contributed by atoms with E-state index in [1.165, 1.54) is 5.56 Å². The van der Waals surface area contributed by atoms with Crippen LogP contribution in [0.2, 0.25) is 0 Å². The molecule has 2 unspecified atom stereocenters. The molecule has 2 aliphatic rings. The fourth-order valence-electron chi connectivity index (χ4n) is 3.29. The summed E-state index contributed by atoms with van der Waals surface area (Å²) < 4.78 is 11.0. The van der Waals surface area contributed by atoms with Gasteiger partial charge in [0.15, 0.2) is 0 Å². The van der Waals surface area contributed by atoms with Gasteiger partial charge >= 0.3 is 5.97 Å². The number of ether oxygens (including phenoxy) is 2. The lowest BCUT2D eigenvalue weighted by Crippen LogP contribution is -2.36. The highest BCUT2D eigenvalue weighted by Crippen LogP contribution is 2.46. The predicted octanol–water partition coefficient (Wildman–Crippen LogP) is 2.00. The van der Waals surface area contributed by atoms with Crippen molar-refractivity contribution in [3.63, 3.8) is 0 Å². The van der Waals surface area contributed by atoms with E-state index in [0.717, 1.165) is 12.2 Å². The van der Waals surface area contributed by atoms with Crippen molar-refractivity contribution in [3.05, 3.63) is 29.8 Å². The first-order valence-corrected chi connectivity index (χ1v) is 6.82. The number of nitrogens with zero attached hydrogens (tertiary/aromatic N) is 1. The highest BCUT2D eigenvalue weighted by Gasteiger charge is 2.46. The summed E-state index contributed by atoms with van der Waals surface area (Å²) in [5.41, 5.74) is 1.19. The molecule has 1 aromatic carbocycles. The molecule has 2 aliphatic heterocycles. The number of carbonyl (C=O) groups is 1. The van der Waals surface area contributed by atoms with Crippen LogP contribution in [-0.4, -0.2) is 37.2 Å². The Morgan fingerprint density at radius 3 is 3.05 bits per heavy atom. The summed E-state index contributed by atoms with van der Waals surface area (Å²) in [6, 6.07) is 8.21. The number of benzene rings is 1. The van der Waals surface area contributed by atoms with Crippen molar-refractivity contribution >= 4 is 5.97 Å². The monoisotopic (exact) mass is 261 g/mol. The van der Waals surface area contributed by atoms with Gasteiger partial charge in [-0.25, -0.2) is 0 Å². The van der Waals surface area contributed by atoms with Gasteiger partial charge in [0.25, 0.3) is 0 Å². The van der Waals surface area contributed by atoms with Crippen molar-refractivity contribution in [2.75, 3.05) is 20.3 Å². The van der Waals surface area contributed by atoms with E-state index in [4.69, 9.17) is 9.47 Å². The highest BCUT2D eigenvalue weighted by molar-refractivity contribution is 5.76. The number of esters is 1. The van der Waals surface area contributed by atoms with Crippen LogP contribution in [0.4, 0.5) is 0 Å². The Morgan fingerprint density at radius 1 is 1.47 bits per heavy atom. The van der Waals surface area contributed by atoms with Gasteiger partial charge in [-0.1, -0.05) is 18.2 Å². The molecule has 102 valence electrons. The molecule has 1 saturated heterocycles. The summed E-state index contributed by atoms with van der Waals surface area (Å²) in [5, 5.41) is 0. The summed E-state index contributed by atoms with van der Waals surface area (Å²) >= 11 is 0. The first-order chi connectivity index (χ1) is 9.22. The Balaban J connectivity index is 1.88. The third kappa shape index (κ3) is 2.00. The summed E-state index contributed by atoms with van der Waals surface area (Å²) in [7, 11) is 2.01. The van der Waals surface area contributed by atoms with Crippen LogP contribution in [0.1, 0.15) is 24.9 Å². The maximum atomic E-state index is 12.0. The summed E-state index contributed by atoms with van der Waals surface area (Å²) in [6.07, 6.45) is 0.814. The lowest BCUT2D eigenvalue weighted by Gasteiger charge is -2.32. The number of carbonyl (C=O) groups excluding carboxylic acids is 1. The van der Waals surface area contributed by atoms with E-state index in [9.17, 15) is 4.79 Å². The van der Waals surface area contributed by atoms with Crippen LogP contribution in [0.3, 0.4) is 0 Å². The molecule has 0 radical (unpaired) electrons. The maximum absolute atomic E-state index is 12.0. The topological polar surface area (TPSA) is 38.8 Å². The van der Waals surface area contributed by atoms with Crippen molar-refractivity contribution in [2.45, 2.75) is 25.4 Å². The lowest BCUT2D eigenvalue weighted by molar-refractivity contribution is -0.148. The van der Waals surface area contributed by atoms with Crippen LogP contribution in [0, 0.1) is 5.92 Å². The third-order valence-corrected chi connectivity index (χ3v) is 4.15. The van der Waals surface area contributed by atoms with E-state index < -0.39 is 0 Å². The van der Waals surface area contributed by atoms with Crippen LogP contribution >= 0.6 is 0 Å². The molecule has 4 heteroatoms. The lowest BCUT2D eigenvalue weighted by atomic mass is 9.91. The fraction of sp³-hybridized carbons (Fsp3) is 0.533. The molecule has 1 fully saturated rings. The van der Waals surface area contributed by atoms with Gasteiger partial charge in [-0.05, 0) is 26.5 Å². The number of hydrogen-bond acceptors (Lipinski definition) is 4. The first kappa shape index (κ1) is 12.5. The maximum Gasteiger partial charge on any atom is 0.323 e. The zero-order chi connectivity index (χ0) is 13.4. The number of fused-ring (bicyclic) bond motifs is 3. The minimum atomic E-state index is -0.148. The summed E-state index contributed by atoms with van der Waals surface area (Å²) in [4.78, 5) is 14.1. The highest BCUT2D eigenvalue weighted by atomic mass is 16.5. The van der Waals surface area contributed by atoms with Crippen molar-refractivity contribution in [1.29, 1.82) is 0 Å². The normalized spacial score (nSPS) is 29.3. The molecule has 0 amide bonds. The molecule has 3 rings (SSSR count). The van der Waals surface area contributed by atoms with Crippen molar-refractivity contribution < 1.29 is 14.3 Å². The summed E-state index contributed by atoms with van der Waals surface area (Å²) in [6.45, 7) is 2.96. The van der Waals surface area contributed by atoms with Gasteiger partial charge in [-0.2, -0.15) is 0 Å². The van der Waals surface area contributed by atoms with E-state index in [2.05, 4.69) is 11.0 Å². The molecule has 1 aromatic rings. The zero-order valence-corrected chi connectivity index (χ0v) is 11.3. The van der Waals surface area contributed by atoms with Gasteiger partial charge < -0.3 is 9.47 Å². The van der Waals surface area contributed by atoms with Gasteiger partial charge in [-0.3, -0.25) is 9.69 Å². The Labute approximate surface area is 113 Å². The third-order valence-electron chi connectivity index (χ3n) is 4.15. The summed E-state index contributed by atoms with van der Waals surface area (Å²) in [5.74, 6) is 1.20. The predicted molar refractivity (Wildman–Crippen MR) is 71.0 cm³/mol. The first-order valence-electron chi connectivity index (χ1n) is 6.82. The van der Waals surface area contributed by atoms with Crippen molar-refractivity contribution in [1.82, 2.24) is 4.90 Å². The number of likely N-dealkylation sites (tertiary alicyclic amines) is 1. The zero-order valence-electron chi connectivity index (χ0n) is 11.3. The largest absolute Gasteiger partial charge is 0.493 e. The molecular weight excluding hydrogens is 242 g/mol. The van der Waals surface area contributed by atoms with Crippen LogP contribution in [0.15, 0.2) is 24.3 Å². The second-order valence-electron chi connectivity index (χ2n) is 5.22. The number of para-hydroxylation sites is 1. The van der Waals surface area contributed by atoms with Crippen LogP contribution in [0.25, 0.3) is 0 Å². The molecule has 0 aromatic heterocycles. The molecule has 3 atom stereocenters. The average molecular weight is 261 g/mol. The average Bonchev–Trinajstić information content (AvgIpc) is 2.77. The number of rotatable bonds is 2. The molecule has 19 heavy (non-hydrogen) atoms. The van der Waals surface area contributed by atoms with E-state index in [-0.39, 0.29) is 18.1 Å². The van der Waals surface area contributed by atoms with Gasteiger partial charge in [0.2, 0.25) is 0 Å². The van der Waals surface area contributed by atoms with Crippen molar-refractivity contribution in [2.24, 2.45) is 5.92 Å². The fourth-order valence-corrected chi connectivity index (χ4v) is 3.29. The van der Waals surface area contributed by atoms with Crippen LogP contribution in [0.5, 0.6) is 5.75 Å². The second kappa shape index (κ2) is 4.85. The number of hydrogen-bond donors (Lipinski definition) is 0. The van der Waals surface area contributed by atoms with E-state index in [1.54, 1.807) is 0 Å². The number of likely N-dealkylation sites (N-methyl/N-ethyl adjacent to an activating group) is 1. The van der Waals surface area contributed by atoms with Crippen molar-refractivity contribution in [3.8, 4) is 5.75 Å². The van der Waals surface area contributed by atoms with Crippen LogP contribution < -0.4 is 4.74 Å². The van der Waals surface area contributed by atoms with Gasteiger partial charge in [0.05, 0.1) is 13.2 Å². The van der Waals surface area contributed by atoms with Gasteiger partial charge in [-0.15, -0.1) is 0 Å². The molecule has 4 nitrogen and oxygen atoms in total. The molecular formula is C15H19NO3. The Morgan fingerprint density at radius 2 is 2.26 bits per heavy atom. The Kier molecular flexibility index (Phi) is 3.19. The second-order valence-corrected chi connectivity index (χ2v) is 5.22. The van der Waals surface area contributed by atoms with Gasteiger partial charge in [0.1, 0.15) is 11.8 Å². The molecule has 0 spiro atoms. The molecule has 2 heterocycles. The smallest absolute Gasteiger partial charge is 0.323 e. The standard InChI is InChI=1S/C15H19NO3/c1-3-18-15(17)12-8-10-9-19-13-7-5-4-6-11(13)14(10)16(12)2/h4-7,10,12,14H,3,8-9H2,1-2H3/t10?,12-,14?/m1/s1. The van der Waals surface area contributed by atoms with E-state index in [1.807, 2.05) is 32.2 Å².